The summed E-state index contributed by atoms with van der Waals surface area (Å²) in [7, 11) is 0. The van der Waals surface area contributed by atoms with Crippen LogP contribution in [-0.4, -0.2) is 84.6 Å². The normalized spacial score (nSPS) is 51.1. The van der Waals surface area contributed by atoms with Gasteiger partial charge < -0.3 is 35.0 Å². The molecule has 0 aromatic heterocycles. The predicted octanol–water partition coefficient (Wildman–Crippen LogP) is 0.619. The molecule has 0 unspecified atom stereocenters. The van der Waals surface area contributed by atoms with Gasteiger partial charge in [0.25, 0.3) is 0 Å². The molecule has 10 atom stereocenters. The van der Waals surface area contributed by atoms with Gasteiger partial charge in [0, 0.05) is 30.3 Å². The Kier molecular flexibility index (Phi) is 6.37. The fourth-order valence-corrected chi connectivity index (χ4v) is 9.16. The number of carbonyl (C=O) groups excluding carboxylic acids is 2. The molecule has 0 saturated heterocycles. The number of fused-ring (bicyclic) bond motifs is 5. The van der Waals surface area contributed by atoms with Crippen molar-refractivity contribution >= 4 is 34.5 Å². The molecular weight excluding hydrogens is 575 g/mol. The Labute approximate surface area is 218 Å². The molecule has 0 spiro atoms. The van der Waals surface area contributed by atoms with Crippen LogP contribution in [0.4, 0.5) is 0 Å². The lowest BCUT2D eigenvalue weighted by molar-refractivity contribution is -0.317. The van der Waals surface area contributed by atoms with Crippen molar-refractivity contribution in [1.29, 1.82) is 0 Å². The molecule has 5 rings (SSSR count). The SMILES string of the molecule is C[C@]12C[C@@H](O)[C@H]3[C@@H](CC[C@]4(O)C[C@@H](OC(=O)C[131I])C[C@@H](O)[C@]34CO)[C@@]1(O)CC[C@@H]2C1=CC(=O)OC1. The molecule has 0 bridgehead atoms. The predicted molar refractivity (Wildman–Crippen MR) is 130 cm³/mol. The standard InChI is InChI=1S/C25H35IO9/c1-22-9-17(28)21-16(25(22,33)5-3-15(22)13-6-19(30)34-11-13)2-4-23(32)8-14(35-20(31)10-26)7-18(29)24(21,23)12-27/h6,14-18,21,27-29,32-33H,2-5,7-12H2,1H3/t14-,15+,16+,17+,18+,21+,22+,23-,24+,25-/m0/s1/i26+4. The third-order valence-corrected chi connectivity index (χ3v) is 11.1. The van der Waals surface area contributed by atoms with Gasteiger partial charge in [-0.05, 0) is 49.5 Å². The zero-order valence-corrected chi connectivity index (χ0v) is 22.0. The first kappa shape index (κ1) is 25.8. The van der Waals surface area contributed by atoms with Crippen LogP contribution in [0.3, 0.4) is 0 Å². The third kappa shape index (κ3) is 3.42. The van der Waals surface area contributed by atoms with Gasteiger partial charge in [0.1, 0.15) is 12.7 Å². The van der Waals surface area contributed by atoms with Crippen LogP contribution in [0, 0.1) is 28.6 Å². The number of aliphatic hydroxyl groups is 5. The highest BCUT2D eigenvalue weighted by Gasteiger charge is 2.75. The second-order valence-electron chi connectivity index (χ2n) is 11.6. The van der Waals surface area contributed by atoms with E-state index in [1.165, 1.54) is 6.08 Å². The quantitative estimate of drug-likeness (QED) is 0.175. The minimum atomic E-state index is -1.56. The second kappa shape index (κ2) is 8.62. The first-order valence-electron chi connectivity index (χ1n) is 12.5. The molecule has 1 aliphatic heterocycles. The fourth-order valence-electron chi connectivity index (χ4n) is 8.98. The van der Waals surface area contributed by atoms with Gasteiger partial charge in [-0.25, -0.2) is 4.79 Å². The lowest BCUT2D eigenvalue weighted by Crippen LogP contribution is -2.75. The van der Waals surface area contributed by atoms with Crippen LogP contribution >= 0.6 is 22.6 Å². The number of cyclic esters (lactones) is 1. The van der Waals surface area contributed by atoms with Gasteiger partial charge >= 0.3 is 11.9 Å². The van der Waals surface area contributed by atoms with Gasteiger partial charge in [-0.2, -0.15) is 0 Å². The third-order valence-electron chi connectivity index (χ3n) is 10.4. The van der Waals surface area contributed by atoms with E-state index in [2.05, 4.69) is 0 Å². The Hall–Kier alpha value is -0.790. The largest absolute Gasteiger partial charge is 0.462 e. The molecule has 5 aliphatic rings. The number of hydrogen-bond acceptors (Lipinski definition) is 9. The maximum absolute atomic E-state index is 12.3. The first-order chi connectivity index (χ1) is 16.5. The Balaban J connectivity index is 1.51. The highest BCUT2D eigenvalue weighted by molar-refractivity contribution is 14.1. The van der Waals surface area contributed by atoms with E-state index in [4.69, 9.17) is 9.47 Å². The average molecular weight is 610 g/mol. The lowest BCUT2D eigenvalue weighted by atomic mass is 9.40. The van der Waals surface area contributed by atoms with E-state index in [9.17, 15) is 35.1 Å². The number of halogens is 1. The Bertz CT molecular complexity index is 940. The molecule has 4 saturated carbocycles. The van der Waals surface area contributed by atoms with Crippen molar-refractivity contribution in [3.8, 4) is 0 Å². The molecule has 0 radical (unpaired) electrons. The van der Waals surface area contributed by atoms with Crippen molar-refractivity contribution in [3.05, 3.63) is 11.6 Å². The molecule has 0 aromatic rings. The number of hydrogen-bond donors (Lipinski definition) is 5. The molecular formula is C25H35IO9. The van der Waals surface area contributed by atoms with Crippen LogP contribution in [0.1, 0.15) is 51.9 Å². The molecule has 0 aromatic carbocycles. The zero-order valence-electron chi connectivity index (χ0n) is 19.9. The van der Waals surface area contributed by atoms with Crippen LogP contribution in [0.2, 0.25) is 0 Å². The van der Waals surface area contributed by atoms with Gasteiger partial charge in [0.2, 0.25) is 0 Å². The second-order valence-corrected chi connectivity index (χ2v) is 12.4. The van der Waals surface area contributed by atoms with Crippen LogP contribution in [0.25, 0.3) is 0 Å². The fraction of sp³-hybridized carbons (Fsp3) is 0.840. The van der Waals surface area contributed by atoms with Gasteiger partial charge in [0.15, 0.2) is 0 Å². The summed E-state index contributed by atoms with van der Waals surface area (Å²) in [4.78, 5) is 23.6. The zero-order chi connectivity index (χ0) is 25.4. The molecule has 196 valence electrons. The molecule has 4 fully saturated rings. The van der Waals surface area contributed by atoms with Crippen molar-refractivity contribution in [1.82, 2.24) is 0 Å². The number of alkyl halides is 1. The molecule has 1 heterocycles. The van der Waals surface area contributed by atoms with Crippen molar-refractivity contribution in [2.24, 2.45) is 28.6 Å². The van der Waals surface area contributed by atoms with E-state index in [0.717, 1.165) is 5.57 Å². The lowest BCUT2D eigenvalue weighted by Gasteiger charge is -2.68. The maximum Gasteiger partial charge on any atom is 0.331 e. The molecule has 10 heteroatoms. The highest BCUT2D eigenvalue weighted by Crippen LogP contribution is 2.70. The Morgan fingerprint density at radius 2 is 1.97 bits per heavy atom. The van der Waals surface area contributed by atoms with Gasteiger partial charge in [-0.15, -0.1) is 0 Å². The Morgan fingerprint density at radius 3 is 2.60 bits per heavy atom. The van der Waals surface area contributed by atoms with E-state index in [1.807, 2.05) is 29.5 Å². The topological polar surface area (TPSA) is 154 Å². The summed E-state index contributed by atoms with van der Waals surface area (Å²) in [5.74, 6) is -2.16. The van der Waals surface area contributed by atoms with E-state index in [1.54, 1.807) is 0 Å². The molecule has 4 aliphatic carbocycles. The Morgan fingerprint density at radius 1 is 1.23 bits per heavy atom. The van der Waals surface area contributed by atoms with E-state index < -0.39 is 70.7 Å². The average Bonchev–Trinajstić information content (AvgIpc) is 3.33. The summed E-state index contributed by atoms with van der Waals surface area (Å²) >= 11 is 1.90. The number of carbonyl (C=O) groups is 2. The summed E-state index contributed by atoms with van der Waals surface area (Å²) in [6.45, 7) is 1.59. The van der Waals surface area contributed by atoms with E-state index in [0.29, 0.717) is 19.3 Å². The number of rotatable bonds is 4. The highest BCUT2D eigenvalue weighted by atomic mass is 131. The van der Waals surface area contributed by atoms with E-state index >= 15 is 0 Å². The minimum Gasteiger partial charge on any atom is -0.462 e. The van der Waals surface area contributed by atoms with E-state index in [-0.39, 0.29) is 42.6 Å². The summed E-state index contributed by atoms with van der Waals surface area (Å²) in [5.41, 5.74) is -4.11. The van der Waals surface area contributed by atoms with Gasteiger partial charge in [0.05, 0.1) is 39.9 Å². The number of ether oxygens (including phenoxy) is 2. The van der Waals surface area contributed by atoms with Crippen LogP contribution in [-0.2, 0) is 19.1 Å². The van der Waals surface area contributed by atoms with Gasteiger partial charge in [-0.1, -0.05) is 29.5 Å². The monoisotopic (exact) mass is 610 g/mol. The summed E-state index contributed by atoms with van der Waals surface area (Å²) in [5, 5.41) is 57.9. The molecule has 9 nitrogen and oxygen atoms in total. The number of esters is 2. The van der Waals surface area contributed by atoms with Crippen LogP contribution in [0.5, 0.6) is 0 Å². The van der Waals surface area contributed by atoms with Crippen LogP contribution in [0.15, 0.2) is 11.6 Å². The molecule has 0 amide bonds. The van der Waals surface area contributed by atoms with Crippen molar-refractivity contribution in [3.63, 3.8) is 0 Å². The first-order valence-corrected chi connectivity index (χ1v) is 14.0. The van der Waals surface area contributed by atoms with Crippen molar-refractivity contribution < 1.29 is 44.6 Å². The maximum atomic E-state index is 12.3. The summed E-state index contributed by atoms with van der Waals surface area (Å²) < 4.78 is 10.7. The van der Waals surface area contributed by atoms with Gasteiger partial charge in [-0.3, -0.25) is 4.79 Å². The van der Waals surface area contributed by atoms with Crippen molar-refractivity contribution in [2.75, 3.05) is 17.6 Å². The smallest absolute Gasteiger partial charge is 0.331 e. The molecule has 5 N–H and O–H groups in total. The number of aliphatic hydroxyl groups excluding tert-OH is 3. The van der Waals surface area contributed by atoms with Crippen LogP contribution < -0.4 is 0 Å². The summed E-state index contributed by atoms with van der Waals surface area (Å²) in [6, 6.07) is 0. The van der Waals surface area contributed by atoms with Crippen molar-refractivity contribution in [2.45, 2.75) is 81.4 Å². The summed E-state index contributed by atoms with van der Waals surface area (Å²) in [6.07, 6.45) is 0.594. The minimum absolute atomic E-state index is 0.0475. The molecule has 35 heavy (non-hydrogen) atoms.